The van der Waals surface area contributed by atoms with Crippen LogP contribution in [0.15, 0.2) is 15.9 Å². The molecule has 0 radical (unpaired) electrons. The van der Waals surface area contributed by atoms with Gasteiger partial charge >= 0.3 is 5.97 Å². The van der Waals surface area contributed by atoms with Crippen LogP contribution in [0, 0.1) is 5.92 Å². The lowest BCUT2D eigenvalue weighted by atomic mass is 9.91. The summed E-state index contributed by atoms with van der Waals surface area (Å²) in [6.07, 6.45) is 2.10. The minimum atomic E-state index is -0.690. The van der Waals surface area contributed by atoms with Gasteiger partial charge in [0.05, 0.1) is 0 Å². The average Bonchev–Trinajstić information content (AvgIpc) is 2.64. The Balaban J connectivity index is 2.12. The number of aliphatic carboxylic acids is 1. The summed E-state index contributed by atoms with van der Waals surface area (Å²) in [5.41, 5.74) is 0. The molecule has 3 nitrogen and oxygen atoms in total. The lowest BCUT2D eigenvalue weighted by Gasteiger charge is -2.37. The highest BCUT2D eigenvalue weighted by Gasteiger charge is 2.34. The van der Waals surface area contributed by atoms with Crippen LogP contribution < -0.4 is 0 Å². The van der Waals surface area contributed by atoms with Gasteiger partial charge in [0.25, 0.3) is 0 Å². The van der Waals surface area contributed by atoms with Crippen LogP contribution in [0.1, 0.15) is 24.6 Å². The van der Waals surface area contributed by atoms with Crippen LogP contribution in [0.3, 0.4) is 0 Å². The number of halogens is 1. The van der Waals surface area contributed by atoms with Gasteiger partial charge in [0.1, 0.15) is 6.04 Å². The molecule has 0 saturated carbocycles. The molecule has 17 heavy (non-hydrogen) atoms. The number of nitrogens with zero attached hydrogens (tertiary/aromatic N) is 1. The van der Waals surface area contributed by atoms with Gasteiger partial charge < -0.3 is 5.11 Å². The fourth-order valence-corrected chi connectivity index (χ4v) is 3.97. The zero-order chi connectivity index (χ0) is 12.4. The first kappa shape index (κ1) is 13.1. The average molecular weight is 318 g/mol. The molecule has 0 aromatic carbocycles. The number of carboxylic acids is 1. The molecule has 94 valence electrons. The van der Waals surface area contributed by atoms with E-state index in [1.807, 2.05) is 18.4 Å². The second-order valence-corrected chi connectivity index (χ2v) is 6.42. The minimum absolute atomic E-state index is 0.236. The van der Waals surface area contributed by atoms with Gasteiger partial charge in [0, 0.05) is 15.9 Å². The number of hydrogen-bond acceptors (Lipinski definition) is 3. The van der Waals surface area contributed by atoms with E-state index in [-0.39, 0.29) is 12.0 Å². The number of carbonyl (C=O) groups is 1. The van der Waals surface area contributed by atoms with E-state index in [0.29, 0.717) is 0 Å². The van der Waals surface area contributed by atoms with Gasteiger partial charge in [-0.2, -0.15) is 0 Å². The number of likely N-dealkylation sites (tertiary alicyclic amines) is 1. The van der Waals surface area contributed by atoms with E-state index in [0.717, 1.165) is 30.4 Å². The van der Waals surface area contributed by atoms with E-state index >= 15 is 0 Å². The maximum absolute atomic E-state index is 11.3. The van der Waals surface area contributed by atoms with Crippen LogP contribution in [0.5, 0.6) is 0 Å². The molecule has 1 aromatic rings. The molecule has 1 fully saturated rings. The van der Waals surface area contributed by atoms with Gasteiger partial charge in [-0.3, -0.25) is 9.69 Å². The molecule has 1 aromatic heterocycles. The normalized spacial score (nSPS) is 26.0. The smallest absolute Gasteiger partial charge is 0.321 e. The Morgan fingerprint density at radius 1 is 1.71 bits per heavy atom. The number of carboxylic acid groups (broad SMARTS) is 1. The van der Waals surface area contributed by atoms with Crippen molar-refractivity contribution in [1.82, 2.24) is 4.90 Å². The third-order valence-electron chi connectivity index (χ3n) is 3.33. The first-order chi connectivity index (χ1) is 8.09. The van der Waals surface area contributed by atoms with Crippen molar-refractivity contribution in [3.63, 3.8) is 0 Å². The zero-order valence-corrected chi connectivity index (χ0v) is 12.1. The fourth-order valence-electron chi connectivity index (χ4n) is 2.47. The summed E-state index contributed by atoms with van der Waals surface area (Å²) in [6.45, 7) is 3.65. The Kier molecular flexibility index (Phi) is 4.22. The molecule has 2 rings (SSSR count). The number of rotatable bonds is 3. The third-order valence-corrected chi connectivity index (χ3v) is 5.24. The third kappa shape index (κ3) is 2.89. The van der Waals surface area contributed by atoms with Crippen molar-refractivity contribution in [2.24, 2.45) is 5.92 Å². The molecule has 1 N–H and O–H groups in total. The monoisotopic (exact) mass is 317 g/mol. The summed E-state index contributed by atoms with van der Waals surface area (Å²) >= 11 is 5.18. The van der Waals surface area contributed by atoms with Crippen LogP contribution in [0.25, 0.3) is 0 Å². The van der Waals surface area contributed by atoms with E-state index in [2.05, 4.69) is 20.8 Å². The Morgan fingerprint density at radius 2 is 2.47 bits per heavy atom. The molecule has 5 heteroatoms. The molecular formula is C12H16BrNO2S. The van der Waals surface area contributed by atoms with Crippen LogP contribution >= 0.6 is 27.3 Å². The van der Waals surface area contributed by atoms with Crippen molar-refractivity contribution in [1.29, 1.82) is 0 Å². The van der Waals surface area contributed by atoms with Crippen molar-refractivity contribution in [3.05, 3.63) is 20.8 Å². The summed E-state index contributed by atoms with van der Waals surface area (Å²) in [5, 5.41) is 11.4. The van der Waals surface area contributed by atoms with Crippen LogP contribution in [-0.4, -0.2) is 28.6 Å². The lowest BCUT2D eigenvalue weighted by molar-refractivity contribution is -0.147. The maximum Gasteiger partial charge on any atom is 0.321 e. The van der Waals surface area contributed by atoms with Crippen molar-refractivity contribution in [3.8, 4) is 0 Å². The van der Waals surface area contributed by atoms with Crippen molar-refractivity contribution in [2.75, 3.05) is 6.54 Å². The highest BCUT2D eigenvalue weighted by Crippen LogP contribution is 2.29. The van der Waals surface area contributed by atoms with Gasteiger partial charge in [-0.25, -0.2) is 0 Å². The van der Waals surface area contributed by atoms with E-state index in [9.17, 15) is 9.90 Å². The van der Waals surface area contributed by atoms with Crippen molar-refractivity contribution >= 4 is 33.2 Å². The van der Waals surface area contributed by atoms with Gasteiger partial charge in [-0.05, 0) is 52.7 Å². The maximum atomic E-state index is 11.3. The summed E-state index contributed by atoms with van der Waals surface area (Å²) in [5.74, 6) is -0.454. The number of hydrogen-bond donors (Lipinski definition) is 1. The van der Waals surface area contributed by atoms with Crippen LogP contribution in [0.4, 0.5) is 0 Å². The predicted molar refractivity (Wildman–Crippen MR) is 72.3 cm³/mol. The standard InChI is InChI=1S/C12H16BrNO2S/c1-8-3-2-5-14(11(8)12(15)16)7-10-9(13)4-6-17-10/h4,6,8,11H,2-3,5,7H2,1H3,(H,15,16). The summed E-state index contributed by atoms with van der Waals surface area (Å²) in [6, 6.07) is 1.68. The SMILES string of the molecule is CC1CCCN(Cc2sccc2Br)C1C(=O)O. The van der Waals surface area contributed by atoms with Gasteiger partial charge in [-0.15, -0.1) is 11.3 Å². The largest absolute Gasteiger partial charge is 0.480 e. The predicted octanol–water partition coefficient (Wildman–Crippen LogP) is 3.20. The molecule has 2 atom stereocenters. The van der Waals surface area contributed by atoms with Crippen LogP contribution in [-0.2, 0) is 11.3 Å². The molecule has 1 aliphatic heterocycles. The van der Waals surface area contributed by atoms with Crippen LogP contribution in [0.2, 0.25) is 0 Å². The molecule has 0 aliphatic carbocycles. The van der Waals surface area contributed by atoms with E-state index in [1.54, 1.807) is 11.3 Å². The first-order valence-corrected chi connectivity index (χ1v) is 7.45. The Hall–Kier alpha value is -0.390. The van der Waals surface area contributed by atoms with E-state index < -0.39 is 5.97 Å². The summed E-state index contributed by atoms with van der Waals surface area (Å²) in [4.78, 5) is 14.6. The first-order valence-electron chi connectivity index (χ1n) is 5.78. The molecular weight excluding hydrogens is 302 g/mol. The Bertz CT molecular complexity index is 407. The van der Waals surface area contributed by atoms with Crippen molar-refractivity contribution < 1.29 is 9.90 Å². The molecule has 1 aliphatic rings. The van der Waals surface area contributed by atoms with Gasteiger partial charge in [0.2, 0.25) is 0 Å². The molecule has 1 saturated heterocycles. The van der Waals surface area contributed by atoms with Crippen molar-refractivity contribution in [2.45, 2.75) is 32.4 Å². The lowest BCUT2D eigenvalue weighted by Crippen LogP contribution is -2.48. The van der Waals surface area contributed by atoms with E-state index in [1.165, 1.54) is 4.88 Å². The Morgan fingerprint density at radius 3 is 3.06 bits per heavy atom. The Labute approximate surface area is 114 Å². The highest BCUT2D eigenvalue weighted by atomic mass is 79.9. The molecule has 0 bridgehead atoms. The fraction of sp³-hybridized carbons (Fsp3) is 0.583. The number of piperidine rings is 1. The quantitative estimate of drug-likeness (QED) is 0.930. The molecule has 2 unspecified atom stereocenters. The molecule has 0 amide bonds. The number of thiophene rings is 1. The topological polar surface area (TPSA) is 40.5 Å². The zero-order valence-electron chi connectivity index (χ0n) is 9.73. The molecule has 0 spiro atoms. The second kappa shape index (κ2) is 5.50. The van der Waals surface area contributed by atoms with Gasteiger partial charge in [-0.1, -0.05) is 6.92 Å². The second-order valence-electron chi connectivity index (χ2n) is 4.56. The summed E-state index contributed by atoms with van der Waals surface area (Å²) in [7, 11) is 0. The molecule has 2 heterocycles. The van der Waals surface area contributed by atoms with Gasteiger partial charge in [0.15, 0.2) is 0 Å². The highest BCUT2D eigenvalue weighted by molar-refractivity contribution is 9.10. The summed E-state index contributed by atoms with van der Waals surface area (Å²) < 4.78 is 1.09. The minimum Gasteiger partial charge on any atom is -0.480 e. The van der Waals surface area contributed by atoms with E-state index in [4.69, 9.17) is 0 Å².